The van der Waals surface area contributed by atoms with Gasteiger partial charge in [-0.05, 0) is 23.8 Å². The van der Waals surface area contributed by atoms with Gasteiger partial charge in [0.05, 0.1) is 0 Å². The molecule has 0 atom stereocenters. The van der Waals surface area contributed by atoms with E-state index in [1.54, 1.807) is 6.07 Å². The molecular formula is C13H10BrClN2O. The zero-order valence-electron chi connectivity index (χ0n) is 9.36. The zero-order valence-corrected chi connectivity index (χ0v) is 11.7. The van der Waals surface area contributed by atoms with Gasteiger partial charge in [0, 0.05) is 22.8 Å². The van der Waals surface area contributed by atoms with Gasteiger partial charge in [0.15, 0.2) is 0 Å². The molecule has 18 heavy (non-hydrogen) atoms. The predicted octanol–water partition coefficient (Wildman–Crippen LogP) is 3.43. The molecule has 0 saturated carbocycles. The summed E-state index contributed by atoms with van der Waals surface area (Å²) in [6, 6.07) is 10.9. The number of hydrogen-bond acceptors (Lipinski definition) is 2. The number of amides is 1. The Balaban J connectivity index is 2.03. The lowest BCUT2D eigenvalue weighted by Gasteiger charge is -2.07. The summed E-state index contributed by atoms with van der Waals surface area (Å²) in [5.41, 5.74) is 1.52. The standard InChI is InChI=1S/C13H10BrClN2O/c14-11-4-2-1-3-10(11)8-17-13(18)9-5-6-16-12(15)7-9/h1-7H,8H2,(H,17,18). The van der Waals surface area contributed by atoms with Gasteiger partial charge in [-0.3, -0.25) is 4.79 Å². The van der Waals surface area contributed by atoms with E-state index < -0.39 is 0 Å². The molecule has 1 heterocycles. The third-order valence-corrected chi connectivity index (χ3v) is 3.37. The van der Waals surface area contributed by atoms with Crippen LogP contribution >= 0.6 is 27.5 Å². The number of carbonyl (C=O) groups excluding carboxylic acids is 1. The fourth-order valence-electron chi connectivity index (χ4n) is 1.46. The first-order valence-electron chi connectivity index (χ1n) is 5.30. The van der Waals surface area contributed by atoms with Crippen LogP contribution in [0.3, 0.4) is 0 Å². The molecule has 0 bridgehead atoms. The quantitative estimate of drug-likeness (QED) is 0.879. The van der Waals surface area contributed by atoms with Gasteiger partial charge in [-0.1, -0.05) is 45.7 Å². The SMILES string of the molecule is O=C(NCc1ccccc1Br)c1ccnc(Cl)c1. The van der Waals surface area contributed by atoms with Crippen LogP contribution in [0.25, 0.3) is 0 Å². The van der Waals surface area contributed by atoms with Gasteiger partial charge in [0.25, 0.3) is 5.91 Å². The van der Waals surface area contributed by atoms with Crippen molar-refractivity contribution in [2.75, 3.05) is 0 Å². The molecule has 2 aromatic rings. The minimum Gasteiger partial charge on any atom is -0.348 e. The number of halogens is 2. The van der Waals surface area contributed by atoms with Crippen molar-refractivity contribution in [2.24, 2.45) is 0 Å². The van der Waals surface area contributed by atoms with E-state index in [0.29, 0.717) is 17.3 Å². The van der Waals surface area contributed by atoms with Crippen LogP contribution in [0, 0.1) is 0 Å². The molecule has 1 aromatic heterocycles. The van der Waals surface area contributed by atoms with Crippen molar-refractivity contribution in [3.63, 3.8) is 0 Å². The van der Waals surface area contributed by atoms with Crippen LogP contribution in [0.2, 0.25) is 5.15 Å². The third kappa shape index (κ3) is 3.31. The summed E-state index contributed by atoms with van der Waals surface area (Å²) in [6.07, 6.45) is 1.51. The summed E-state index contributed by atoms with van der Waals surface area (Å²) < 4.78 is 0.970. The van der Waals surface area contributed by atoms with Gasteiger partial charge in [-0.2, -0.15) is 0 Å². The molecule has 5 heteroatoms. The maximum atomic E-state index is 11.9. The Bertz CT molecular complexity index is 574. The van der Waals surface area contributed by atoms with Crippen molar-refractivity contribution in [2.45, 2.75) is 6.54 Å². The largest absolute Gasteiger partial charge is 0.348 e. The van der Waals surface area contributed by atoms with Gasteiger partial charge in [0.2, 0.25) is 0 Å². The highest BCUT2D eigenvalue weighted by atomic mass is 79.9. The fraction of sp³-hybridized carbons (Fsp3) is 0.0769. The first kappa shape index (κ1) is 13.1. The molecule has 0 unspecified atom stereocenters. The lowest BCUT2D eigenvalue weighted by atomic mass is 10.2. The minimum absolute atomic E-state index is 0.171. The summed E-state index contributed by atoms with van der Waals surface area (Å²) in [7, 11) is 0. The second kappa shape index (κ2) is 5.98. The van der Waals surface area contributed by atoms with Gasteiger partial charge < -0.3 is 5.32 Å². The Morgan fingerprint density at radius 2 is 2.11 bits per heavy atom. The van der Waals surface area contributed by atoms with Crippen LogP contribution in [0.1, 0.15) is 15.9 Å². The average Bonchev–Trinajstić information content (AvgIpc) is 2.37. The molecule has 1 amide bonds. The topological polar surface area (TPSA) is 42.0 Å². The normalized spacial score (nSPS) is 10.1. The molecule has 3 nitrogen and oxygen atoms in total. The van der Waals surface area contributed by atoms with Gasteiger partial charge >= 0.3 is 0 Å². The predicted molar refractivity (Wildman–Crippen MR) is 74.6 cm³/mol. The van der Waals surface area contributed by atoms with Crippen LogP contribution in [0.15, 0.2) is 47.1 Å². The Hall–Kier alpha value is -1.39. The Morgan fingerprint density at radius 1 is 1.33 bits per heavy atom. The first-order chi connectivity index (χ1) is 8.66. The molecule has 0 fully saturated rings. The molecule has 0 saturated heterocycles. The van der Waals surface area contributed by atoms with E-state index in [1.807, 2.05) is 24.3 Å². The summed E-state index contributed by atoms with van der Waals surface area (Å²) in [5.74, 6) is -0.171. The van der Waals surface area contributed by atoms with Crippen LogP contribution in [-0.4, -0.2) is 10.9 Å². The van der Waals surface area contributed by atoms with Crippen LogP contribution in [-0.2, 0) is 6.54 Å². The van der Waals surface area contributed by atoms with Crippen molar-refractivity contribution in [1.82, 2.24) is 10.3 Å². The number of carbonyl (C=O) groups is 1. The van der Waals surface area contributed by atoms with Crippen molar-refractivity contribution in [3.05, 3.63) is 63.3 Å². The van der Waals surface area contributed by atoms with E-state index in [4.69, 9.17) is 11.6 Å². The number of nitrogens with zero attached hydrogens (tertiary/aromatic N) is 1. The van der Waals surface area contributed by atoms with Crippen molar-refractivity contribution < 1.29 is 4.79 Å². The lowest BCUT2D eigenvalue weighted by Crippen LogP contribution is -2.22. The van der Waals surface area contributed by atoms with Crippen LogP contribution < -0.4 is 5.32 Å². The van der Waals surface area contributed by atoms with E-state index in [-0.39, 0.29) is 5.91 Å². The second-order valence-corrected chi connectivity index (χ2v) is 4.88. The number of hydrogen-bond donors (Lipinski definition) is 1. The van der Waals surface area contributed by atoms with E-state index in [0.717, 1.165) is 10.0 Å². The average molecular weight is 326 g/mol. The highest BCUT2D eigenvalue weighted by Gasteiger charge is 2.06. The lowest BCUT2D eigenvalue weighted by molar-refractivity contribution is 0.0950. The molecule has 0 aliphatic carbocycles. The fourth-order valence-corrected chi connectivity index (χ4v) is 2.06. The Morgan fingerprint density at radius 3 is 2.83 bits per heavy atom. The molecule has 0 spiro atoms. The van der Waals surface area contributed by atoms with Crippen molar-refractivity contribution in [3.8, 4) is 0 Å². The minimum atomic E-state index is -0.171. The summed E-state index contributed by atoms with van der Waals surface area (Å²) in [6.45, 7) is 0.459. The third-order valence-electron chi connectivity index (χ3n) is 2.39. The van der Waals surface area contributed by atoms with Gasteiger partial charge in [0.1, 0.15) is 5.15 Å². The molecule has 2 rings (SSSR count). The number of nitrogens with one attached hydrogen (secondary N) is 1. The van der Waals surface area contributed by atoms with Gasteiger partial charge in [-0.25, -0.2) is 4.98 Å². The van der Waals surface area contributed by atoms with Crippen LogP contribution in [0.4, 0.5) is 0 Å². The molecule has 0 aliphatic heterocycles. The highest BCUT2D eigenvalue weighted by molar-refractivity contribution is 9.10. The zero-order chi connectivity index (χ0) is 13.0. The first-order valence-corrected chi connectivity index (χ1v) is 6.47. The number of benzene rings is 1. The van der Waals surface area contributed by atoms with Crippen LogP contribution in [0.5, 0.6) is 0 Å². The monoisotopic (exact) mass is 324 g/mol. The summed E-state index contributed by atoms with van der Waals surface area (Å²) >= 11 is 9.16. The number of rotatable bonds is 3. The maximum absolute atomic E-state index is 11.9. The van der Waals surface area contributed by atoms with E-state index in [1.165, 1.54) is 12.3 Å². The van der Waals surface area contributed by atoms with Crippen molar-refractivity contribution in [1.29, 1.82) is 0 Å². The van der Waals surface area contributed by atoms with E-state index in [2.05, 4.69) is 26.2 Å². The Kier molecular flexibility index (Phi) is 4.33. The number of pyridine rings is 1. The second-order valence-electron chi connectivity index (χ2n) is 3.64. The van der Waals surface area contributed by atoms with Gasteiger partial charge in [-0.15, -0.1) is 0 Å². The summed E-state index contributed by atoms with van der Waals surface area (Å²) in [4.78, 5) is 15.7. The smallest absolute Gasteiger partial charge is 0.251 e. The van der Waals surface area contributed by atoms with E-state index in [9.17, 15) is 4.79 Å². The maximum Gasteiger partial charge on any atom is 0.251 e. The summed E-state index contributed by atoms with van der Waals surface area (Å²) in [5, 5.41) is 3.14. The molecule has 1 N–H and O–H groups in total. The van der Waals surface area contributed by atoms with E-state index >= 15 is 0 Å². The number of aromatic nitrogens is 1. The molecular weight excluding hydrogens is 316 g/mol. The van der Waals surface area contributed by atoms with Crippen molar-refractivity contribution >= 4 is 33.4 Å². The molecule has 0 aliphatic rings. The molecule has 1 aromatic carbocycles. The molecule has 0 radical (unpaired) electrons. The Labute approximate surface area is 118 Å². The highest BCUT2D eigenvalue weighted by Crippen LogP contribution is 2.15. The molecule has 92 valence electrons.